The Morgan fingerprint density at radius 2 is 1.67 bits per heavy atom. The summed E-state index contributed by atoms with van der Waals surface area (Å²) >= 11 is 19.0. The van der Waals surface area contributed by atoms with Crippen molar-refractivity contribution in [2.75, 3.05) is 5.75 Å². The summed E-state index contributed by atoms with van der Waals surface area (Å²) in [7, 11) is 0. The lowest BCUT2D eigenvalue weighted by atomic mass is 10.0. The van der Waals surface area contributed by atoms with Gasteiger partial charge in [0.05, 0.1) is 15.8 Å². The summed E-state index contributed by atoms with van der Waals surface area (Å²) in [5.74, 6) is -1.15. The minimum absolute atomic E-state index is 0.0966. The number of rotatable bonds is 7. The minimum atomic E-state index is -0.941. The molecule has 0 aliphatic heterocycles. The van der Waals surface area contributed by atoms with E-state index in [9.17, 15) is 9.59 Å². The minimum Gasteiger partial charge on any atom is -0.481 e. The highest BCUT2D eigenvalue weighted by molar-refractivity contribution is 8.00. The molecule has 1 N–H and O–H groups in total. The van der Waals surface area contributed by atoms with Gasteiger partial charge < -0.3 is 5.11 Å². The molecule has 3 nitrogen and oxygen atoms in total. The summed E-state index contributed by atoms with van der Waals surface area (Å²) in [5.41, 5.74) is 1.29. The Morgan fingerprint density at radius 1 is 1.00 bits per heavy atom. The summed E-state index contributed by atoms with van der Waals surface area (Å²) in [6, 6.07) is 11.7. The Balaban J connectivity index is 2.21. The van der Waals surface area contributed by atoms with Crippen LogP contribution in [0.4, 0.5) is 0 Å². The van der Waals surface area contributed by atoms with Crippen LogP contribution in [0.3, 0.4) is 0 Å². The van der Waals surface area contributed by atoms with E-state index < -0.39 is 5.97 Å². The fourth-order valence-corrected chi connectivity index (χ4v) is 3.46. The molecule has 0 saturated heterocycles. The second-order valence-corrected chi connectivity index (χ2v) is 7.44. The van der Waals surface area contributed by atoms with Gasteiger partial charge in [-0.05, 0) is 42.0 Å². The Morgan fingerprint density at radius 3 is 2.25 bits per heavy atom. The summed E-state index contributed by atoms with van der Waals surface area (Å²) in [4.78, 5) is 23.4. The smallest absolute Gasteiger partial charge is 0.313 e. The third-order valence-electron chi connectivity index (χ3n) is 3.26. The molecule has 2 rings (SSSR count). The topological polar surface area (TPSA) is 54.4 Å². The number of Topliss-reactive ketones (excluding diaryl/α,β-unsaturated/α-hetero) is 1. The maximum Gasteiger partial charge on any atom is 0.313 e. The van der Waals surface area contributed by atoms with E-state index >= 15 is 0 Å². The molecule has 0 fully saturated rings. The van der Waals surface area contributed by atoms with E-state index in [1.54, 1.807) is 42.5 Å². The molecule has 0 aliphatic rings. The zero-order valence-electron chi connectivity index (χ0n) is 12.3. The molecule has 2 aromatic carbocycles. The summed E-state index contributed by atoms with van der Waals surface area (Å²) in [6.07, 6.45) is 0.150. The van der Waals surface area contributed by atoms with Gasteiger partial charge in [-0.15, -0.1) is 11.8 Å². The molecule has 0 aliphatic carbocycles. The molecule has 0 bridgehead atoms. The SMILES string of the molecule is O=C(O)CSC(CC(=O)c1ccc(Cl)cc1)c1ccc(Cl)c(Cl)c1. The normalized spacial score (nSPS) is 12.0. The molecule has 1 unspecified atom stereocenters. The summed E-state index contributed by atoms with van der Waals surface area (Å²) < 4.78 is 0. The van der Waals surface area contributed by atoms with Crippen LogP contribution in [-0.2, 0) is 4.79 Å². The van der Waals surface area contributed by atoms with Crippen LogP contribution in [0.25, 0.3) is 0 Å². The number of carbonyl (C=O) groups is 2. The molecule has 7 heteroatoms. The van der Waals surface area contributed by atoms with Gasteiger partial charge in [-0.2, -0.15) is 0 Å². The Kier molecular flexibility index (Phi) is 6.99. The van der Waals surface area contributed by atoms with Crippen LogP contribution in [0.15, 0.2) is 42.5 Å². The van der Waals surface area contributed by atoms with E-state index in [1.165, 1.54) is 11.8 Å². The standard InChI is InChI=1S/C17H13Cl3O3S/c18-12-4-1-10(2-5-12)15(21)8-16(24-9-17(22)23)11-3-6-13(19)14(20)7-11/h1-7,16H,8-9H2,(H,22,23). The Hall–Kier alpha value is -1.20. The van der Waals surface area contributed by atoms with Crippen LogP contribution in [0.5, 0.6) is 0 Å². The summed E-state index contributed by atoms with van der Waals surface area (Å²) in [6.45, 7) is 0. The number of hydrogen-bond acceptors (Lipinski definition) is 3. The lowest BCUT2D eigenvalue weighted by Crippen LogP contribution is -2.08. The van der Waals surface area contributed by atoms with Gasteiger partial charge in [-0.3, -0.25) is 9.59 Å². The number of aliphatic carboxylic acids is 1. The molecule has 2 aromatic rings. The highest BCUT2D eigenvalue weighted by atomic mass is 35.5. The van der Waals surface area contributed by atoms with Crippen LogP contribution in [0.2, 0.25) is 15.1 Å². The van der Waals surface area contributed by atoms with Gasteiger partial charge in [0.1, 0.15) is 0 Å². The van der Waals surface area contributed by atoms with Gasteiger partial charge >= 0.3 is 5.97 Å². The van der Waals surface area contributed by atoms with Crippen molar-refractivity contribution in [1.82, 2.24) is 0 Å². The molecule has 0 radical (unpaired) electrons. The van der Waals surface area contributed by atoms with Crippen LogP contribution < -0.4 is 0 Å². The predicted molar refractivity (Wildman–Crippen MR) is 99.7 cm³/mol. The second-order valence-electron chi connectivity index (χ2n) is 5.00. The number of halogens is 3. The maximum atomic E-state index is 12.5. The number of carboxylic acid groups (broad SMARTS) is 1. The van der Waals surface area contributed by atoms with Gasteiger partial charge in [0.15, 0.2) is 5.78 Å². The first-order valence-electron chi connectivity index (χ1n) is 6.94. The fraction of sp³-hybridized carbons (Fsp3) is 0.176. The van der Waals surface area contributed by atoms with E-state index in [0.29, 0.717) is 20.6 Å². The molecule has 0 heterocycles. The van der Waals surface area contributed by atoms with E-state index in [1.807, 2.05) is 0 Å². The van der Waals surface area contributed by atoms with Crippen molar-refractivity contribution in [3.05, 3.63) is 68.7 Å². The lowest BCUT2D eigenvalue weighted by Gasteiger charge is -2.16. The van der Waals surface area contributed by atoms with Crippen molar-refractivity contribution in [1.29, 1.82) is 0 Å². The highest BCUT2D eigenvalue weighted by Crippen LogP contribution is 2.36. The number of hydrogen-bond donors (Lipinski definition) is 1. The number of benzene rings is 2. The zero-order valence-corrected chi connectivity index (χ0v) is 15.4. The molecular formula is C17H13Cl3O3S. The summed E-state index contributed by atoms with van der Waals surface area (Å²) in [5, 5.41) is 9.91. The van der Waals surface area contributed by atoms with Gasteiger partial charge in [0.25, 0.3) is 0 Å². The van der Waals surface area contributed by atoms with Gasteiger partial charge in [0, 0.05) is 22.3 Å². The van der Waals surface area contributed by atoms with Crippen LogP contribution >= 0.6 is 46.6 Å². The molecule has 0 amide bonds. The van der Waals surface area contributed by atoms with E-state index in [-0.39, 0.29) is 23.2 Å². The Labute approximate surface area is 158 Å². The van der Waals surface area contributed by atoms with E-state index in [4.69, 9.17) is 39.9 Å². The monoisotopic (exact) mass is 402 g/mol. The zero-order chi connectivity index (χ0) is 17.7. The van der Waals surface area contributed by atoms with Crippen LogP contribution in [-0.4, -0.2) is 22.6 Å². The molecule has 24 heavy (non-hydrogen) atoms. The van der Waals surface area contributed by atoms with Crippen molar-refractivity contribution < 1.29 is 14.7 Å². The number of ketones is 1. The van der Waals surface area contributed by atoms with E-state index in [2.05, 4.69) is 0 Å². The highest BCUT2D eigenvalue weighted by Gasteiger charge is 2.20. The number of thioether (sulfide) groups is 1. The third kappa shape index (κ3) is 5.42. The van der Waals surface area contributed by atoms with Crippen molar-refractivity contribution in [2.24, 2.45) is 0 Å². The van der Waals surface area contributed by atoms with Crippen molar-refractivity contribution in [3.63, 3.8) is 0 Å². The van der Waals surface area contributed by atoms with Crippen molar-refractivity contribution in [3.8, 4) is 0 Å². The molecular weight excluding hydrogens is 391 g/mol. The van der Waals surface area contributed by atoms with Gasteiger partial charge in [-0.25, -0.2) is 0 Å². The molecule has 1 atom stereocenters. The first-order valence-corrected chi connectivity index (χ1v) is 9.12. The molecule has 0 saturated carbocycles. The van der Waals surface area contributed by atoms with Gasteiger partial charge in [0.2, 0.25) is 0 Å². The molecule has 0 spiro atoms. The molecule has 0 aromatic heterocycles. The molecule has 126 valence electrons. The second kappa shape index (κ2) is 8.77. The van der Waals surface area contributed by atoms with Gasteiger partial charge in [-0.1, -0.05) is 40.9 Å². The van der Waals surface area contributed by atoms with Crippen molar-refractivity contribution >= 4 is 58.3 Å². The predicted octanol–water partition coefficient (Wildman–Crippen LogP) is 5.78. The lowest BCUT2D eigenvalue weighted by molar-refractivity contribution is -0.133. The van der Waals surface area contributed by atoms with E-state index in [0.717, 1.165) is 5.56 Å². The quantitative estimate of drug-likeness (QED) is 0.595. The van der Waals surface area contributed by atoms with Crippen LogP contribution in [0.1, 0.15) is 27.6 Å². The third-order valence-corrected chi connectivity index (χ3v) is 5.51. The first kappa shape index (κ1) is 19.1. The maximum absolute atomic E-state index is 12.5. The van der Waals surface area contributed by atoms with Crippen molar-refractivity contribution in [2.45, 2.75) is 11.7 Å². The van der Waals surface area contributed by atoms with Crippen LogP contribution in [0, 0.1) is 0 Å². The first-order chi connectivity index (χ1) is 11.4. The number of carboxylic acids is 1. The average molecular weight is 404 g/mol. The Bertz CT molecular complexity index is 747. The fourth-order valence-electron chi connectivity index (χ4n) is 2.08. The average Bonchev–Trinajstić information content (AvgIpc) is 2.54. The largest absolute Gasteiger partial charge is 0.481 e. The number of carbonyl (C=O) groups excluding carboxylic acids is 1.